The highest BCUT2D eigenvalue weighted by Crippen LogP contribution is 2.30. The molecular formula is C15H23NO2. The van der Waals surface area contributed by atoms with Crippen molar-refractivity contribution in [2.75, 3.05) is 7.11 Å². The zero-order chi connectivity index (χ0) is 13.9. The van der Waals surface area contributed by atoms with E-state index in [1.54, 1.807) is 0 Å². The molecule has 0 fully saturated rings. The van der Waals surface area contributed by atoms with Gasteiger partial charge in [-0.2, -0.15) is 0 Å². The molecule has 1 aromatic rings. The van der Waals surface area contributed by atoms with Gasteiger partial charge in [-0.3, -0.25) is 4.79 Å². The smallest absolute Gasteiger partial charge is 0.311 e. The number of ether oxygens (including phenoxy) is 1. The van der Waals surface area contributed by atoms with Crippen molar-refractivity contribution in [3.05, 3.63) is 34.9 Å². The maximum atomic E-state index is 11.6. The van der Waals surface area contributed by atoms with Gasteiger partial charge in [0.15, 0.2) is 0 Å². The van der Waals surface area contributed by atoms with Crippen LogP contribution in [0.5, 0.6) is 0 Å². The van der Waals surface area contributed by atoms with Gasteiger partial charge in [-0.25, -0.2) is 0 Å². The second-order valence-electron chi connectivity index (χ2n) is 5.53. The third kappa shape index (κ3) is 3.33. The molecule has 0 saturated heterocycles. The van der Waals surface area contributed by atoms with Crippen LogP contribution < -0.4 is 5.73 Å². The van der Waals surface area contributed by atoms with E-state index in [1.165, 1.54) is 18.2 Å². The summed E-state index contributed by atoms with van der Waals surface area (Å²) < 4.78 is 4.80. The zero-order valence-electron chi connectivity index (χ0n) is 11.9. The number of carbonyl (C=O) groups is 1. The number of nitrogens with two attached hydrogens (primary N) is 1. The van der Waals surface area contributed by atoms with E-state index in [9.17, 15) is 4.79 Å². The lowest BCUT2D eigenvalue weighted by molar-refractivity contribution is -0.151. The molecule has 1 aromatic carbocycles. The molecular weight excluding hydrogens is 226 g/mol. The highest BCUT2D eigenvalue weighted by atomic mass is 16.5. The van der Waals surface area contributed by atoms with Crippen molar-refractivity contribution in [1.29, 1.82) is 0 Å². The maximum absolute atomic E-state index is 11.6. The number of hydrogen-bond donors (Lipinski definition) is 1. The van der Waals surface area contributed by atoms with Gasteiger partial charge in [0, 0.05) is 6.04 Å². The van der Waals surface area contributed by atoms with Gasteiger partial charge in [-0.1, -0.05) is 18.2 Å². The Hall–Kier alpha value is -1.35. The molecule has 0 aromatic heterocycles. The van der Waals surface area contributed by atoms with E-state index in [4.69, 9.17) is 10.5 Å². The Kier molecular flexibility index (Phi) is 4.52. The minimum Gasteiger partial charge on any atom is -0.469 e. The molecule has 0 bridgehead atoms. The summed E-state index contributed by atoms with van der Waals surface area (Å²) in [6.45, 7) is 7.86. The Labute approximate surface area is 109 Å². The summed E-state index contributed by atoms with van der Waals surface area (Å²) in [7, 11) is 1.41. The molecule has 0 heterocycles. The Balaban J connectivity index is 2.85. The van der Waals surface area contributed by atoms with Crippen LogP contribution in [0, 0.1) is 19.3 Å². The number of rotatable bonds is 4. The SMILES string of the molecule is COC(=O)C(C)(C)CC(N)c1ccc(C)c(C)c1. The highest BCUT2D eigenvalue weighted by Gasteiger charge is 2.31. The molecule has 18 heavy (non-hydrogen) atoms. The molecule has 1 atom stereocenters. The quantitative estimate of drug-likeness (QED) is 0.835. The van der Waals surface area contributed by atoms with Gasteiger partial charge in [-0.15, -0.1) is 0 Å². The monoisotopic (exact) mass is 249 g/mol. The van der Waals surface area contributed by atoms with E-state index in [0.29, 0.717) is 6.42 Å². The van der Waals surface area contributed by atoms with Crippen LogP contribution in [-0.2, 0) is 9.53 Å². The predicted octanol–water partition coefficient (Wildman–Crippen LogP) is 2.89. The van der Waals surface area contributed by atoms with Gasteiger partial charge < -0.3 is 10.5 Å². The van der Waals surface area contributed by atoms with Crippen LogP contribution in [-0.4, -0.2) is 13.1 Å². The first-order chi connectivity index (χ1) is 8.27. The molecule has 3 nitrogen and oxygen atoms in total. The largest absolute Gasteiger partial charge is 0.469 e. The molecule has 2 N–H and O–H groups in total. The number of aryl methyl sites for hydroxylation is 2. The molecule has 0 spiro atoms. The molecule has 0 radical (unpaired) electrons. The van der Waals surface area contributed by atoms with E-state index in [1.807, 2.05) is 19.9 Å². The first kappa shape index (κ1) is 14.7. The summed E-state index contributed by atoms with van der Waals surface area (Å²) in [6.07, 6.45) is 0.572. The average Bonchev–Trinajstić information content (AvgIpc) is 2.30. The fourth-order valence-corrected chi connectivity index (χ4v) is 2.02. The van der Waals surface area contributed by atoms with Crippen LogP contribution in [0.3, 0.4) is 0 Å². The number of esters is 1. The molecule has 100 valence electrons. The number of benzene rings is 1. The third-order valence-electron chi connectivity index (χ3n) is 3.43. The molecule has 1 unspecified atom stereocenters. The lowest BCUT2D eigenvalue weighted by atomic mass is 9.83. The summed E-state index contributed by atoms with van der Waals surface area (Å²) in [4.78, 5) is 11.6. The average molecular weight is 249 g/mol. The van der Waals surface area contributed by atoms with E-state index >= 15 is 0 Å². The molecule has 0 amide bonds. The molecule has 0 saturated carbocycles. The van der Waals surface area contributed by atoms with Gasteiger partial charge in [0.25, 0.3) is 0 Å². The normalized spacial score (nSPS) is 13.2. The fraction of sp³-hybridized carbons (Fsp3) is 0.533. The van der Waals surface area contributed by atoms with Gasteiger partial charge >= 0.3 is 5.97 Å². The predicted molar refractivity (Wildman–Crippen MR) is 73.3 cm³/mol. The van der Waals surface area contributed by atoms with E-state index < -0.39 is 5.41 Å². The summed E-state index contributed by atoms with van der Waals surface area (Å²) >= 11 is 0. The Bertz CT molecular complexity index is 438. The van der Waals surface area contributed by atoms with Crippen molar-refractivity contribution in [2.45, 2.75) is 40.2 Å². The fourth-order valence-electron chi connectivity index (χ4n) is 2.02. The minimum atomic E-state index is -0.563. The van der Waals surface area contributed by atoms with E-state index in [-0.39, 0.29) is 12.0 Å². The summed E-state index contributed by atoms with van der Waals surface area (Å²) in [5.74, 6) is -0.221. The second-order valence-corrected chi connectivity index (χ2v) is 5.53. The van der Waals surface area contributed by atoms with Crippen LogP contribution in [0.15, 0.2) is 18.2 Å². The zero-order valence-corrected chi connectivity index (χ0v) is 11.9. The second kappa shape index (κ2) is 5.53. The van der Waals surface area contributed by atoms with Crippen molar-refractivity contribution >= 4 is 5.97 Å². The van der Waals surface area contributed by atoms with Gasteiger partial charge in [0.05, 0.1) is 12.5 Å². The lowest BCUT2D eigenvalue weighted by Crippen LogP contribution is -2.30. The van der Waals surface area contributed by atoms with Crippen LogP contribution in [0.25, 0.3) is 0 Å². The standard InChI is InChI=1S/C15H23NO2/c1-10-6-7-12(8-11(10)2)13(16)9-15(3,4)14(17)18-5/h6-8,13H,9,16H2,1-5H3. The first-order valence-corrected chi connectivity index (χ1v) is 6.19. The number of methoxy groups -OCH3 is 1. The summed E-state index contributed by atoms with van der Waals surface area (Å²) in [6, 6.07) is 6.03. The first-order valence-electron chi connectivity index (χ1n) is 6.19. The minimum absolute atomic E-state index is 0.154. The highest BCUT2D eigenvalue weighted by molar-refractivity contribution is 5.75. The van der Waals surface area contributed by atoms with Crippen LogP contribution in [0.2, 0.25) is 0 Å². The van der Waals surface area contributed by atoms with Crippen LogP contribution in [0.4, 0.5) is 0 Å². The Morgan fingerprint density at radius 1 is 1.33 bits per heavy atom. The molecule has 3 heteroatoms. The van der Waals surface area contributed by atoms with Crippen molar-refractivity contribution in [2.24, 2.45) is 11.1 Å². The van der Waals surface area contributed by atoms with Gasteiger partial charge in [0.2, 0.25) is 0 Å². The van der Waals surface area contributed by atoms with Crippen molar-refractivity contribution in [3.63, 3.8) is 0 Å². The maximum Gasteiger partial charge on any atom is 0.311 e. The van der Waals surface area contributed by atoms with Crippen LogP contribution >= 0.6 is 0 Å². The van der Waals surface area contributed by atoms with Gasteiger partial charge in [0.1, 0.15) is 0 Å². The van der Waals surface area contributed by atoms with E-state index in [0.717, 1.165) is 5.56 Å². The number of hydrogen-bond acceptors (Lipinski definition) is 3. The molecule has 0 aliphatic rings. The van der Waals surface area contributed by atoms with Crippen molar-refractivity contribution in [1.82, 2.24) is 0 Å². The van der Waals surface area contributed by atoms with Crippen molar-refractivity contribution < 1.29 is 9.53 Å². The van der Waals surface area contributed by atoms with E-state index in [2.05, 4.69) is 26.0 Å². The van der Waals surface area contributed by atoms with Crippen molar-refractivity contribution in [3.8, 4) is 0 Å². The molecule has 1 rings (SSSR count). The topological polar surface area (TPSA) is 52.3 Å². The lowest BCUT2D eigenvalue weighted by Gasteiger charge is -2.25. The molecule has 0 aliphatic carbocycles. The third-order valence-corrected chi connectivity index (χ3v) is 3.43. The Morgan fingerprint density at radius 3 is 2.44 bits per heavy atom. The number of carbonyl (C=O) groups excluding carboxylic acids is 1. The Morgan fingerprint density at radius 2 is 1.94 bits per heavy atom. The summed E-state index contributed by atoms with van der Waals surface area (Å²) in [5, 5.41) is 0. The van der Waals surface area contributed by atoms with Crippen LogP contribution in [0.1, 0.15) is 43.0 Å². The van der Waals surface area contributed by atoms with Gasteiger partial charge in [-0.05, 0) is 50.8 Å². The summed E-state index contributed by atoms with van der Waals surface area (Å²) in [5.41, 5.74) is 9.16. The molecule has 0 aliphatic heterocycles.